The molecule has 1 heterocycles. The summed E-state index contributed by atoms with van der Waals surface area (Å²) in [7, 11) is 0. The minimum atomic E-state index is -0.673. The normalized spacial score (nSPS) is 36.2. The Morgan fingerprint density at radius 1 is 1.14 bits per heavy atom. The SMILES string of the molecule is CC(C)C1C(=O)NC(C)(C2CC2)C(=O)N1C1(C)CCCC1. The van der Waals surface area contributed by atoms with Crippen molar-refractivity contribution in [2.24, 2.45) is 11.8 Å². The van der Waals surface area contributed by atoms with Gasteiger partial charge in [-0.05, 0) is 51.4 Å². The van der Waals surface area contributed by atoms with E-state index in [0.717, 1.165) is 38.5 Å². The molecule has 118 valence electrons. The molecule has 0 radical (unpaired) electrons. The first-order valence-electron chi connectivity index (χ1n) is 8.45. The van der Waals surface area contributed by atoms with E-state index in [1.54, 1.807) is 0 Å². The standard InChI is InChI=1S/C17H28N2O2/c1-11(2)13-14(20)18-17(4,12-7-8-12)15(21)19(13)16(3)9-5-6-10-16/h11-13H,5-10H2,1-4H3,(H,18,20). The van der Waals surface area contributed by atoms with Gasteiger partial charge in [-0.2, -0.15) is 0 Å². The molecule has 2 aliphatic carbocycles. The van der Waals surface area contributed by atoms with Gasteiger partial charge >= 0.3 is 0 Å². The highest BCUT2D eigenvalue weighted by Gasteiger charge is 2.59. The highest BCUT2D eigenvalue weighted by atomic mass is 16.2. The van der Waals surface area contributed by atoms with Crippen LogP contribution in [0.25, 0.3) is 0 Å². The van der Waals surface area contributed by atoms with Crippen LogP contribution in [0.5, 0.6) is 0 Å². The third-order valence-corrected chi connectivity index (χ3v) is 5.88. The number of hydrogen-bond acceptors (Lipinski definition) is 2. The number of piperazine rings is 1. The van der Waals surface area contributed by atoms with Gasteiger partial charge in [0.05, 0.1) is 0 Å². The molecular weight excluding hydrogens is 264 g/mol. The topological polar surface area (TPSA) is 49.4 Å². The molecule has 3 fully saturated rings. The average Bonchev–Trinajstić information content (AvgIpc) is 3.16. The molecule has 21 heavy (non-hydrogen) atoms. The van der Waals surface area contributed by atoms with Gasteiger partial charge in [-0.15, -0.1) is 0 Å². The summed E-state index contributed by atoms with van der Waals surface area (Å²) in [5, 5.41) is 3.08. The van der Waals surface area contributed by atoms with Crippen molar-refractivity contribution in [2.45, 2.75) is 83.3 Å². The summed E-state index contributed by atoms with van der Waals surface area (Å²) in [5.41, 5.74) is -0.812. The van der Waals surface area contributed by atoms with Crippen LogP contribution in [-0.2, 0) is 9.59 Å². The Morgan fingerprint density at radius 2 is 1.71 bits per heavy atom. The maximum Gasteiger partial charge on any atom is 0.249 e. The second-order valence-corrected chi connectivity index (χ2v) is 8.03. The van der Waals surface area contributed by atoms with Gasteiger partial charge in [0.25, 0.3) is 0 Å². The molecule has 0 bridgehead atoms. The average molecular weight is 292 g/mol. The van der Waals surface area contributed by atoms with Crippen LogP contribution in [0.15, 0.2) is 0 Å². The number of carbonyl (C=O) groups is 2. The Morgan fingerprint density at radius 3 is 2.19 bits per heavy atom. The molecule has 2 saturated carbocycles. The molecule has 4 heteroatoms. The van der Waals surface area contributed by atoms with Gasteiger partial charge in [0.2, 0.25) is 11.8 Å². The zero-order valence-electron chi connectivity index (χ0n) is 13.7. The quantitative estimate of drug-likeness (QED) is 0.868. The Kier molecular flexibility index (Phi) is 3.34. The Labute approximate surface area is 127 Å². The lowest BCUT2D eigenvalue weighted by molar-refractivity contribution is -0.165. The van der Waals surface area contributed by atoms with Gasteiger partial charge in [-0.1, -0.05) is 26.7 Å². The summed E-state index contributed by atoms with van der Waals surface area (Å²) in [6, 6.07) is -0.313. The smallest absolute Gasteiger partial charge is 0.249 e. The first kappa shape index (κ1) is 14.9. The fourth-order valence-electron chi connectivity index (χ4n) is 4.37. The van der Waals surface area contributed by atoms with Gasteiger partial charge < -0.3 is 10.2 Å². The molecule has 1 saturated heterocycles. The Balaban J connectivity index is 2.00. The van der Waals surface area contributed by atoms with Crippen molar-refractivity contribution in [2.75, 3.05) is 0 Å². The van der Waals surface area contributed by atoms with E-state index in [1.165, 1.54) is 0 Å². The van der Waals surface area contributed by atoms with E-state index in [9.17, 15) is 9.59 Å². The summed E-state index contributed by atoms with van der Waals surface area (Å²) < 4.78 is 0. The number of hydrogen-bond donors (Lipinski definition) is 1. The third kappa shape index (κ3) is 2.18. The van der Waals surface area contributed by atoms with Crippen LogP contribution >= 0.6 is 0 Å². The van der Waals surface area contributed by atoms with Crippen LogP contribution < -0.4 is 5.32 Å². The molecule has 1 aliphatic heterocycles. The summed E-state index contributed by atoms with van der Waals surface area (Å²) in [6.07, 6.45) is 6.48. The minimum absolute atomic E-state index is 0.0483. The van der Waals surface area contributed by atoms with Gasteiger partial charge in [-0.3, -0.25) is 9.59 Å². The second kappa shape index (κ2) is 4.72. The predicted octanol–water partition coefficient (Wildman–Crippen LogP) is 2.47. The minimum Gasteiger partial charge on any atom is -0.340 e. The van der Waals surface area contributed by atoms with Crippen molar-refractivity contribution in [3.8, 4) is 0 Å². The fourth-order valence-corrected chi connectivity index (χ4v) is 4.37. The van der Waals surface area contributed by atoms with Crippen molar-refractivity contribution < 1.29 is 9.59 Å². The fraction of sp³-hybridized carbons (Fsp3) is 0.882. The Hall–Kier alpha value is -1.06. The lowest BCUT2D eigenvalue weighted by Crippen LogP contribution is -2.74. The molecule has 2 unspecified atom stereocenters. The highest BCUT2D eigenvalue weighted by molar-refractivity contribution is 6.00. The van der Waals surface area contributed by atoms with Crippen molar-refractivity contribution in [1.82, 2.24) is 10.2 Å². The van der Waals surface area contributed by atoms with Crippen molar-refractivity contribution >= 4 is 11.8 Å². The number of nitrogens with zero attached hydrogens (tertiary/aromatic N) is 1. The first-order chi connectivity index (χ1) is 9.79. The largest absolute Gasteiger partial charge is 0.340 e. The van der Waals surface area contributed by atoms with E-state index >= 15 is 0 Å². The number of rotatable bonds is 3. The van der Waals surface area contributed by atoms with Crippen LogP contribution in [0.2, 0.25) is 0 Å². The predicted molar refractivity (Wildman–Crippen MR) is 81.6 cm³/mol. The lowest BCUT2D eigenvalue weighted by atomic mass is 9.82. The molecule has 2 amide bonds. The molecule has 0 aromatic heterocycles. The van der Waals surface area contributed by atoms with Gasteiger partial charge in [0.15, 0.2) is 0 Å². The number of amides is 2. The molecular formula is C17H28N2O2. The monoisotopic (exact) mass is 292 g/mol. The zero-order chi connectivity index (χ0) is 15.4. The molecule has 3 aliphatic rings. The summed E-state index contributed by atoms with van der Waals surface area (Å²) in [5.74, 6) is 0.685. The number of nitrogens with one attached hydrogen (secondary N) is 1. The van der Waals surface area contributed by atoms with Crippen LogP contribution in [0.4, 0.5) is 0 Å². The first-order valence-corrected chi connectivity index (χ1v) is 8.45. The van der Waals surface area contributed by atoms with E-state index in [1.807, 2.05) is 25.7 Å². The lowest BCUT2D eigenvalue weighted by Gasteiger charge is -2.52. The zero-order valence-corrected chi connectivity index (χ0v) is 13.7. The van der Waals surface area contributed by atoms with E-state index in [0.29, 0.717) is 5.92 Å². The maximum atomic E-state index is 13.3. The van der Waals surface area contributed by atoms with Crippen molar-refractivity contribution in [1.29, 1.82) is 0 Å². The molecule has 3 rings (SSSR count). The summed E-state index contributed by atoms with van der Waals surface area (Å²) in [4.78, 5) is 28.0. The molecule has 1 N–H and O–H groups in total. The molecule has 2 atom stereocenters. The molecule has 0 aromatic carbocycles. The highest BCUT2D eigenvalue weighted by Crippen LogP contribution is 2.46. The van der Waals surface area contributed by atoms with E-state index < -0.39 is 5.54 Å². The van der Waals surface area contributed by atoms with Gasteiger partial charge in [0.1, 0.15) is 11.6 Å². The van der Waals surface area contributed by atoms with Crippen LogP contribution in [-0.4, -0.2) is 33.8 Å². The summed E-state index contributed by atoms with van der Waals surface area (Å²) >= 11 is 0. The summed E-state index contributed by atoms with van der Waals surface area (Å²) in [6.45, 7) is 8.21. The van der Waals surface area contributed by atoms with E-state index in [-0.39, 0.29) is 29.3 Å². The Bertz CT molecular complexity index is 463. The van der Waals surface area contributed by atoms with Gasteiger partial charge in [0, 0.05) is 5.54 Å². The van der Waals surface area contributed by atoms with Crippen LogP contribution in [0, 0.1) is 11.8 Å². The van der Waals surface area contributed by atoms with Crippen molar-refractivity contribution in [3.63, 3.8) is 0 Å². The maximum absolute atomic E-state index is 13.3. The second-order valence-electron chi connectivity index (χ2n) is 8.03. The molecule has 0 aromatic rings. The third-order valence-electron chi connectivity index (χ3n) is 5.88. The number of carbonyl (C=O) groups excluding carboxylic acids is 2. The van der Waals surface area contributed by atoms with E-state index in [2.05, 4.69) is 12.2 Å². The van der Waals surface area contributed by atoms with E-state index in [4.69, 9.17) is 0 Å². The molecule has 4 nitrogen and oxygen atoms in total. The van der Waals surface area contributed by atoms with Crippen LogP contribution in [0.1, 0.15) is 66.2 Å². The molecule has 0 spiro atoms. The van der Waals surface area contributed by atoms with Crippen LogP contribution in [0.3, 0.4) is 0 Å². The van der Waals surface area contributed by atoms with Gasteiger partial charge in [-0.25, -0.2) is 0 Å². The van der Waals surface area contributed by atoms with Crippen molar-refractivity contribution in [3.05, 3.63) is 0 Å².